The Kier molecular flexibility index (Phi) is 4.98. The first-order valence-corrected chi connectivity index (χ1v) is 8.38. The summed E-state index contributed by atoms with van der Waals surface area (Å²) < 4.78 is 11.0. The molecule has 1 aliphatic heterocycles. The van der Waals surface area contributed by atoms with Gasteiger partial charge in [0.1, 0.15) is 6.04 Å². The Morgan fingerprint density at radius 3 is 2.88 bits per heavy atom. The van der Waals surface area contributed by atoms with Gasteiger partial charge in [0.25, 0.3) is 0 Å². The van der Waals surface area contributed by atoms with Crippen LogP contribution in [0.25, 0.3) is 0 Å². The maximum absolute atomic E-state index is 12.9. The number of hydrogen-bond donors (Lipinski definition) is 1. The zero-order valence-corrected chi connectivity index (χ0v) is 14.9. The van der Waals surface area contributed by atoms with Crippen LogP contribution in [-0.4, -0.2) is 45.9 Å². The Morgan fingerprint density at radius 2 is 2.24 bits per heavy atom. The molecule has 25 heavy (non-hydrogen) atoms. The minimum Gasteiger partial charge on any atom is -0.423 e. The number of carbonyl (C=O) groups is 1. The highest BCUT2D eigenvalue weighted by Gasteiger charge is 2.39. The van der Waals surface area contributed by atoms with Crippen molar-refractivity contribution >= 4 is 11.7 Å². The molecular weight excluding hydrogens is 322 g/mol. The van der Waals surface area contributed by atoms with Crippen molar-refractivity contribution in [3.05, 3.63) is 35.3 Å². The highest BCUT2D eigenvalue weighted by molar-refractivity contribution is 5.91. The van der Waals surface area contributed by atoms with Crippen molar-refractivity contribution in [1.82, 2.24) is 20.1 Å². The van der Waals surface area contributed by atoms with Gasteiger partial charge in [-0.1, -0.05) is 6.92 Å². The average Bonchev–Trinajstić information content (AvgIpc) is 3.22. The number of rotatable bonds is 4. The highest BCUT2D eigenvalue weighted by atomic mass is 16.5. The van der Waals surface area contributed by atoms with Crippen LogP contribution >= 0.6 is 0 Å². The number of nitrogens with one attached hydrogen (secondary N) is 1. The van der Waals surface area contributed by atoms with Crippen LogP contribution in [0, 0.1) is 13.8 Å². The predicted molar refractivity (Wildman–Crippen MR) is 91.3 cm³/mol. The number of methoxy groups -OCH3 is 1. The maximum Gasteiger partial charge on any atom is 0.322 e. The summed E-state index contributed by atoms with van der Waals surface area (Å²) in [4.78, 5) is 19.0. The van der Waals surface area contributed by atoms with Crippen LogP contribution in [0.1, 0.15) is 42.4 Å². The van der Waals surface area contributed by atoms with E-state index in [0.29, 0.717) is 24.7 Å². The lowest BCUT2D eigenvalue weighted by Crippen LogP contribution is -2.36. The molecule has 2 aromatic rings. The molecule has 0 saturated carbocycles. The van der Waals surface area contributed by atoms with E-state index >= 15 is 0 Å². The van der Waals surface area contributed by atoms with Crippen molar-refractivity contribution in [2.24, 2.45) is 0 Å². The molecule has 3 rings (SSSR count). The van der Waals surface area contributed by atoms with Crippen molar-refractivity contribution in [2.75, 3.05) is 19.0 Å². The lowest BCUT2D eigenvalue weighted by molar-refractivity contribution is 0.111. The summed E-state index contributed by atoms with van der Waals surface area (Å²) >= 11 is 0. The minimum absolute atomic E-state index is 0.0661. The van der Waals surface area contributed by atoms with Crippen LogP contribution in [0.2, 0.25) is 0 Å². The molecule has 0 spiro atoms. The van der Waals surface area contributed by atoms with E-state index in [1.54, 1.807) is 25.1 Å². The molecule has 2 aromatic heterocycles. The van der Waals surface area contributed by atoms with Crippen molar-refractivity contribution in [3.8, 4) is 0 Å². The van der Waals surface area contributed by atoms with Gasteiger partial charge in [-0.15, -0.1) is 10.2 Å². The molecule has 2 atom stereocenters. The summed E-state index contributed by atoms with van der Waals surface area (Å²) in [6.45, 7) is 6.17. The third-order valence-corrected chi connectivity index (χ3v) is 4.49. The molecule has 0 bridgehead atoms. The summed E-state index contributed by atoms with van der Waals surface area (Å²) in [7, 11) is 1.64. The molecule has 3 heterocycles. The molecule has 8 heteroatoms. The summed E-state index contributed by atoms with van der Waals surface area (Å²) in [6, 6.07) is 1.37. The Morgan fingerprint density at radius 1 is 1.44 bits per heavy atom. The van der Waals surface area contributed by atoms with Gasteiger partial charge in [0.2, 0.25) is 11.8 Å². The zero-order valence-electron chi connectivity index (χ0n) is 14.9. The summed E-state index contributed by atoms with van der Waals surface area (Å²) in [5.74, 6) is 0.915. The predicted octanol–water partition coefficient (Wildman–Crippen LogP) is 2.64. The van der Waals surface area contributed by atoms with E-state index in [1.807, 2.05) is 19.9 Å². The van der Waals surface area contributed by atoms with Crippen molar-refractivity contribution in [3.63, 3.8) is 0 Å². The number of nitrogens with zero attached hydrogens (tertiary/aromatic N) is 4. The quantitative estimate of drug-likeness (QED) is 0.915. The number of aryl methyl sites for hydroxylation is 3. The Hall–Kier alpha value is -2.48. The van der Waals surface area contributed by atoms with Crippen LogP contribution in [0.4, 0.5) is 10.5 Å². The Bertz CT molecular complexity index is 760. The number of aromatic nitrogens is 3. The van der Waals surface area contributed by atoms with Crippen molar-refractivity contribution in [2.45, 2.75) is 45.8 Å². The molecule has 0 unspecified atom stereocenters. The van der Waals surface area contributed by atoms with Gasteiger partial charge in [0, 0.05) is 33.2 Å². The first kappa shape index (κ1) is 17.3. The van der Waals surface area contributed by atoms with E-state index in [9.17, 15) is 4.79 Å². The topological polar surface area (TPSA) is 93.4 Å². The van der Waals surface area contributed by atoms with Crippen LogP contribution < -0.4 is 5.32 Å². The number of ether oxygens (including phenoxy) is 1. The highest BCUT2D eigenvalue weighted by Crippen LogP contribution is 2.33. The summed E-state index contributed by atoms with van der Waals surface area (Å²) in [6.07, 6.45) is 3.05. The van der Waals surface area contributed by atoms with Crippen molar-refractivity contribution < 1.29 is 13.9 Å². The summed E-state index contributed by atoms with van der Waals surface area (Å²) in [5, 5.41) is 11.0. The van der Waals surface area contributed by atoms with Gasteiger partial charge >= 0.3 is 6.03 Å². The molecule has 8 nitrogen and oxygen atoms in total. The number of likely N-dealkylation sites (tertiary alicyclic amines) is 1. The molecule has 0 aliphatic carbocycles. The van der Waals surface area contributed by atoms with Crippen LogP contribution in [0.3, 0.4) is 0 Å². The fraction of sp³-hybridized carbons (Fsp3) is 0.529. The van der Waals surface area contributed by atoms with Gasteiger partial charge < -0.3 is 19.4 Å². The van der Waals surface area contributed by atoms with Gasteiger partial charge in [-0.2, -0.15) is 0 Å². The molecule has 1 N–H and O–H groups in total. The first-order valence-electron chi connectivity index (χ1n) is 8.38. The van der Waals surface area contributed by atoms with E-state index in [1.165, 1.54) is 0 Å². The van der Waals surface area contributed by atoms with E-state index < -0.39 is 0 Å². The standard InChI is InChI=1S/C17H23N5O3/c1-5-13-15(10(2)6-7-18-13)19-17(23)22-9-12(24-4)8-14(22)16-21-20-11(3)25-16/h6-7,12,14H,5,8-9H2,1-4H3,(H,19,23)/t12-,14-/m1/s1. The number of amides is 2. The van der Waals surface area contributed by atoms with Gasteiger partial charge in [0.15, 0.2) is 0 Å². The molecule has 1 saturated heterocycles. The number of urea groups is 1. The van der Waals surface area contributed by atoms with Gasteiger partial charge in [-0.05, 0) is 25.0 Å². The number of carbonyl (C=O) groups excluding carboxylic acids is 1. The van der Waals surface area contributed by atoms with Crippen LogP contribution in [-0.2, 0) is 11.2 Å². The van der Waals surface area contributed by atoms with Crippen molar-refractivity contribution in [1.29, 1.82) is 0 Å². The second-order valence-electron chi connectivity index (χ2n) is 6.15. The monoisotopic (exact) mass is 345 g/mol. The Balaban J connectivity index is 1.84. The third-order valence-electron chi connectivity index (χ3n) is 4.49. The van der Waals surface area contributed by atoms with Gasteiger partial charge in [0.05, 0.1) is 17.5 Å². The molecule has 0 radical (unpaired) electrons. The van der Waals surface area contributed by atoms with E-state index in [0.717, 1.165) is 23.4 Å². The SMILES string of the molecule is CCc1nccc(C)c1NC(=O)N1C[C@H](OC)C[C@@H]1c1nnc(C)o1. The lowest BCUT2D eigenvalue weighted by Gasteiger charge is -2.23. The van der Waals surface area contributed by atoms with Gasteiger partial charge in [-0.3, -0.25) is 4.98 Å². The normalized spacial score (nSPS) is 20.1. The fourth-order valence-electron chi connectivity index (χ4n) is 3.11. The molecule has 2 amide bonds. The van der Waals surface area contributed by atoms with Gasteiger partial charge in [-0.25, -0.2) is 4.79 Å². The first-order chi connectivity index (χ1) is 12.0. The molecule has 1 fully saturated rings. The van der Waals surface area contributed by atoms with E-state index in [-0.39, 0.29) is 18.2 Å². The lowest BCUT2D eigenvalue weighted by atomic mass is 10.1. The third kappa shape index (κ3) is 3.48. The largest absolute Gasteiger partial charge is 0.423 e. The Labute approximate surface area is 146 Å². The average molecular weight is 345 g/mol. The number of hydrogen-bond acceptors (Lipinski definition) is 6. The maximum atomic E-state index is 12.9. The number of pyridine rings is 1. The van der Waals surface area contributed by atoms with E-state index in [2.05, 4.69) is 20.5 Å². The molecule has 0 aromatic carbocycles. The molecule has 1 aliphatic rings. The van der Waals surface area contributed by atoms with Crippen LogP contribution in [0.5, 0.6) is 0 Å². The minimum atomic E-state index is -0.298. The summed E-state index contributed by atoms with van der Waals surface area (Å²) in [5.41, 5.74) is 2.60. The van der Waals surface area contributed by atoms with Crippen LogP contribution in [0.15, 0.2) is 16.7 Å². The molecular formula is C17H23N5O3. The number of anilines is 1. The molecule has 134 valence electrons. The second-order valence-corrected chi connectivity index (χ2v) is 6.15. The van der Waals surface area contributed by atoms with E-state index in [4.69, 9.17) is 9.15 Å². The zero-order chi connectivity index (χ0) is 18.0. The fourth-order valence-corrected chi connectivity index (χ4v) is 3.11. The second kappa shape index (κ2) is 7.18. The smallest absolute Gasteiger partial charge is 0.322 e.